The molecule has 0 bridgehead atoms. The van der Waals surface area contributed by atoms with Gasteiger partial charge in [0.2, 0.25) is 0 Å². The molecule has 0 fully saturated rings. The molecule has 2 heterocycles. The summed E-state index contributed by atoms with van der Waals surface area (Å²) in [6, 6.07) is 8.29. The van der Waals surface area contributed by atoms with Gasteiger partial charge in [-0.3, -0.25) is 4.79 Å². The fourth-order valence-electron chi connectivity index (χ4n) is 3.06. The highest BCUT2D eigenvalue weighted by Crippen LogP contribution is 2.31. The summed E-state index contributed by atoms with van der Waals surface area (Å²) in [6.07, 6.45) is 0. The van der Waals surface area contributed by atoms with Gasteiger partial charge < -0.3 is 14.5 Å². The maximum Gasteiger partial charge on any atom is 0.358 e. The number of anilines is 1. The number of nitrogens with one attached hydrogen (secondary N) is 1. The zero-order valence-corrected chi connectivity index (χ0v) is 18.1. The van der Waals surface area contributed by atoms with Gasteiger partial charge in [0.05, 0.1) is 24.2 Å². The minimum Gasteiger partial charge on any atom is -0.464 e. The number of fused-ring (bicyclic) bond motifs is 1. The minimum atomic E-state index is -0.593. The van der Waals surface area contributed by atoms with E-state index in [1.807, 2.05) is 32.9 Å². The van der Waals surface area contributed by atoms with Crippen LogP contribution in [0, 0.1) is 6.92 Å². The van der Waals surface area contributed by atoms with Crippen LogP contribution < -0.4 is 10.7 Å². The Hall–Kier alpha value is -2.51. The van der Waals surface area contributed by atoms with Crippen LogP contribution in [0.1, 0.15) is 41.5 Å². The Kier molecular flexibility index (Phi) is 6.49. The summed E-state index contributed by atoms with van der Waals surface area (Å²) >= 11 is 7.41. The van der Waals surface area contributed by atoms with Crippen LogP contribution in [0.2, 0.25) is 5.15 Å². The number of ether oxygens (including phenoxy) is 1. The van der Waals surface area contributed by atoms with Crippen molar-refractivity contribution in [1.29, 1.82) is 0 Å². The molecule has 0 aliphatic carbocycles. The number of thioether (sulfide) groups is 1. The van der Waals surface area contributed by atoms with E-state index in [2.05, 4.69) is 10.3 Å². The lowest BCUT2D eigenvalue weighted by Gasteiger charge is -2.19. The minimum absolute atomic E-state index is 0.0808. The van der Waals surface area contributed by atoms with Crippen LogP contribution in [0.25, 0.3) is 11.0 Å². The van der Waals surface area contributed by atoms with Crippen molar-refractivity contribution in [2.24, 2.45) is 0 Å². The van der Waals surface area contributed by atoms with Crippen LogP contribution in [0.3, 0.4) is 0 Å². The van der Waals surface area contributed by atoms with E-state index in [0.29, 0.717) is 21.7 Å². The highest BCUT2D eigenvalue weighted by atomic mass is 35.5. The van der Waals surface area contributed by atoms with Crippen LogP contribution in [0.5, 0.6) is 0 Å². The maximum atomic E-state index is 12.6. The normalized spacial score (nSPS) is 12.0. The lowest BCUT2D eigenvalue weighted by atomic mass is 10.0. The van der Waals surface area contributed by atoms with E-state index in [-0.39, 0.29) is 22.3 Å². The molecule has 1 N–H and O–H groups in total. The molecule has 0 amide bonds. The lowest BCUT2D eigenvalue weighted by molar-refractivity contribution is 0.0595. The fourth-order valence-corrected chi connectivity index (χ4v) is 3.83. The molecular weight excluding hydrogens is 412 g/mol. The number of aromatic nitrogens is 1. The predicted molar refractivity (Wildman–Crippen MR) is 116 cm³/mol. The fraction of sp³-hybridized carbons (Fsp3) is 0.286. The Morgan fingerprint density at radius 2 is 2.10 bits per heavy atom. The van der Waals surface area contributed by atoms with Gasteiger partial charge in [0.1, 0.15) is 10.7 Å². The number of rotatable bonds is 6. The average molecular weight is 433 g/mol. The highest BCUT2D eigenvalue weighted by molar-refractivity contribution is 7.99. The van der Waals surface area contributed by atoms with Crippen LogP contribution in [-0.2, 0) is 4.74 Å². The zero-order valence-electron chi connectivity index (χ0n) is 16.5. The molecular formula is C21H21ClN2O4S. The highest BCUT2D eigenvalue weighted by Gasteiger charge is 2.20. The van der Waals surface area contributed by atoms with Gasteiger partial charge in [0, 0.05) is 11.6 Å². The van der Waals surface area contributed by atoms with E-state index in [0.717, 1.165) is 16.9 Å². The molecule has 6 nitrogen and oxygen atoms in total. The van der Waals surface area contributed by atoms with Crippen LogP contribution in [-0.4, -0.2) is 23.8 Å². The summed E-state index contributed by atoms with van der Waals surface area (Å²) in [5, 5.41) is 4.56. The number of carbonyl (C=O) groups excluding carboxylic acids is 1. The summed E-state index contributed by atoms with van der Waals surface area (Å²) < 4.78 is 10.8. The first kappa shape index (κ1) is 21.2. The van der Waals surface area contributed by atoms with Crippen molar-refractivity contribution in [2.75, 3.05) is 18.2 Å². The van der Waals surface area contributed by atoms with Gasteiger partial charge in [-0.1, -0.05) is 36.4 Å². The monoisotopic (exact) mass is 432 g/mol. The molecule has 3 aromatic rings. The van der Waals surface area contributed by atoms with E-state index in [1.165, 1.54) is 24.9 Å². The first-order valence-electron chi connectivity index (χ1n) is 9.06. The van der Waals surface area contributed by atoms with Crippen LogP contribution in [0.15, 0.2) is 44.6 Å². The molecule has 3 rings (SSSR count). The molecule has 152 valence electrons. The van der Waals surface area contributed by atoms with E-state index < -0.39 is 5.97 Å². The summed E-state index contributed by atoms with van der Waals surface area (Å²) in [6.45, 7) is 5.84. The molecule has 1 aromatic carbocycles. The first-order chi connectivity index (χ1) is 13.8. The third-order valence-electron chi connectivity index (χ3n) is 4.34. The van der Waals surface area contributed by atoms with E-state index in [1.54, 1.807) is 12.1 Å². The number of pyridine rings is 1. The second-order valence-corrected chi connectivity index (χ2v) is 8.14. The number of esters is 1. The van der Waals surface area contributed by atoms with Gasteiger partial charge in [-0.15, -0.1) is 0 Å². The maximum absolute atomic E-state index is 12.6. The first-order valence-corrected chi connectivity index (χ1v) is 10.4. The molecule has 0 aliphatic rings. The zero-order chi connectivity index (χ0) is 21.1. The number of carbonyl (C=O) groups is 1. The largest absolute Gasteiger partial charge is 0.464 e. The lowest BCUT2D eigenvalue weighted by Crippen LogP contribution is -2.14. The van der Waals surface area contributed by atoms with Gasteiger partial charge in [-0.25, -0.2) is 9.78 Å². The molecule has 0 spiro atoms. The summed E-state index contributed by atoms with van der Waals surface area (Å²) in [7, 11) is 1.29. The standard InChI is InChI=1S/C21H21ClN2O4S/c1-5-29-18-10-16(25)14-9-11(2)8-13(20(14)28-18)12(3)23-15-6-7-17(22)24-19(15)21(26)27-4/h6-10,12,23H,5H2,1-4H3. The molecule has 8 heteroatoms. The van der Waals surface area contributed by atoms with Crippen molar-refractivity contribution < 1.29 is 13.9 Å². The number of nitrogens with zero attached hydrogens (tertiary/aromatic N) is 1. The Balaban J connectivity index is 2.09. The van der Waals surface area contributed by atoms with E-state index in [4.69, 9.17) is 20.8 Å². The van der Waals surface area contributed by atoms with Crippen molar-refractivity contribution in [3.05, 3.63) is 62.5 Å². The van der Waals surface area contributed by atoms with Gasteiger partial charge in [-0.05, 0) is 43.4 Å². The molecule has 1 atom stereocenters. The third-order valence-corrected chi connectivity index (χ3v) is 5.33. The average Bonchev–Trinajstić information content (AvgIpc) is 2.69. The number of hydrogen-bond acceptors (Lipinski definition) is 7. The second-order valence-electron chi connectivity index (χ2n) is 6.48. The SMILES string of the molecule is CCSc1cc(=O)c2cc(C)cc(C(C)Nc3ccc(Cl)nc3C(=O)OC)c2o1. The van der Waals surface area contributed by atoms with Crippen molar-refractivity contribution >= 4 is 46.0 Å². The summed E-state index contributed by atoms with van der Waals surface area (Å²) in [4.78, 5) is 28.8. The molecule has 0 saturated carbocycles. The predicted octanol–water partition coefficient (Wildman–Crippen LogP) is 5.22. The Bertz CT molecular complexity index is 1130. The number of halogens is 1. The number of benzene rings is 1. The van der Waals surface area contributed by atoms with Crippen molar-refractivity contribution in [2.45, 2.75) is 31.9 Å². The third kappa shape index (κ3) is 4.57. The van der Waals surface area contributed by atoms with Crippen molar-refractivity contribution in [3.8, 4) is 0 Å². The molecule has 2 aromatic heterocycles. The van der Waals surface area contributed by atoms with Gasteiger partial charge in [0.15, 0.2) is 16.2 Å². The molecule has 0 radical (unpaired) electrons. The smallest absolute Gasteiger partial charge is 0.358 e. The van der Waals surface area contributed by atoms with Crippen molar-refractivity contribution in [3.63, 3.8) is 0 Å². The number of methoxy groups -OCH3 is 1. The Morgan fingerprint density at radius 3 is 2.79 bits per heavy atom. The van der Waals surface area contributed by atoms with Gasteiger partial charge in [-0.2, -0.15) is 0 Å². The van der Waals surface area contributed by atoms with Gasteiger partial charge >= 0.3 is 5.97 Å². The molecule has 0 saturated heterocycles. The molecule has 29 heavy (non-hydrogen) atoms. The number of aryl methyl sites for hydroxylation is 1. The summed E-state index contributed by atoms with van der Waals surface area (Å²) in [5.74, 6) is 0.201. The molecule has 0 aliphatic heterocycles. The molecule has 1 unspecified atom stereocenters. The Morgan fingerprint density at radius 1 is 1.34 bits per heavy atom. The number of hydrogen-bond donors (Lipinski definition) is 1. The Labute approximate surface area is 177 Å². The summed E-state index contributed by atoms with van der Waals surface area (Å²) in [5.41, 5.74) is 2.76. The van der Waals surface area contributed by atoms with Crippen molar-refractivity contribution in [1.82, 2.24) is 4.98 Å². The van der Waals surface area contributed by atoms with Crippen LogP contribution >= 0.6 is 23.4 Å². The second kappa shape index (κ2) is 8.88. The van der Waals surface area contributed by atoms with E-state index in [9.17, 15) is 9.59 Å². The van der Waals surface area contributed by atoms with Crippen LogP contribution in [0.4, 0.5) is 5.69 Å². The van der Waals surface area contributed by atoms with Gasteiger partial charge in [0.25, 0.3) is 0 Å². The topological polar surface area (TPSA) is 81.4 Å². The quantitative estimate of drug-likeness (QED) is 0.324. The van der Waals surface area contributed by atoms with E-state index >= 15 is 0 Å².